The first-order valence-corrected chi connectivity index (χ1v) is 3.99. The van der Waals surface area contributed by atoms with E-state index < -0.39 is 11.9 Å². The van der Waals surface area contributed by atoms with Crippen LogP contribution in [0.4, 0.5) is 0 Å². The number of esters is 1. The van der Waals surface area contributed by atoms with Crippen molar-refractivity contribution in [2.75, 3.05) is 6.61 Å². The number of ether oxygens (including phenoxy) is 1. The predicted octanol–water partition coefficient (Wildman–Crippen LogP) is -0.0447. The standard InChI is InChI=1S/C8H11N3O3/c1-3-14-8(13)6(2)10-11-7(12)4-5-9/h3-4H2,1-2H3,(H,11,12)/b10-6-. The molecule has 1 amide bonds. The molecular formula is C8H11N3O3. The lowest BCUT2D eigenvalue weighted by Gasteiger charge is -2.00. The molecule has 6 nitrogen and oxygen atoms in total. The zero-order chi connectivity index (χ0) is 11.0. The van der Waals surface area contributed by atoms with E-state index in [0.29, 0.717) is 0 Å². The quantitative estimate of drug-likeness (QED) is 0.388. The maximum absolute atomic E-state index is 10.9. The minimum atomic E-state index is -0.593. The van der Waals surface area contributed by atoms with Crippen LogP contribution in [0.1, 0.15) is 20.3 Å². The van der Waals surface area contributed by atoms with Crippen molar-refractivity contribution in [3.8, 4) is 6.07 Å². The molecule has 0 fully saturated rings. The van der Waals surface area contributed by atoms with E-state index in [9.17, 15) is 9.59 Å². The first-order chi connectivity index (χ1) is 6.61. The van der Waals surface area contributed by atoms with E-state index in [4.69, 9.17) is 5.26 Å². The van der Waals surface area contributed by atoms with Gasteiger partial charge in [-0.1, -0.05) is 0 Å². The lowest BCUT2D eigenvalue weighted by Crippen LogP contribution is -2.22. The maximum atomic E-state index is 10.9. The van der Waals surface area contributed by atoms with Gasteiger partial charge in [-0.2, -0.15) is 10.4 Å². The van der Waals surface area contributed by atoms with Crippen LogP contribution >= 0.6 is 0 Å². The summed E-state index contributed by atoms with van der Waals surface area (Å²) in [5.74, 6) is -1.15. The Morgan fingerprint density at radius 1 is 1.57 bits per heavy atom. The summed E-state index contributed by atoms with van der Waals surface area (Å²) >= 11 is 0. The molecule has 0 aromatic rings. The van der Waals surface area contributed by atoms with Gasteiger partial charge in [0, 0.05) is 0 Å². The third-order valence-corrected chi connectivity index (χ3v) is 1.16. The molecule has 0 aromatic carbocycles. The average molecular weight is 197 g/mol. The molecule has 0 radical (unpaired) electrons. The van der Waals surface area contributed by atoms with Gasteiger partial charge in [0.1, 0.15) is 12.1 Å². The molecule has 0 aliphatic heterocycles. The van der Waals surface area contributed by atoms with Gasteiger partial charge in [-0.05, 0) is 13.8 Å². The van der Waals surface area contributed by atoms with Crippen LogP contribution in [0.3, 0.4) is 0 Å². The second-order valence-electron chi connectivity index (χ2n) is 2.29. The Kier molecular flexibility index (Phi) is 5.70. The summed E-state index contributed by atoms with van der Waals surface area (Å²) < 4.78 is 4.61. The van der Waals surface area contributed by atoms with Gasteiger partial charge in [-0.25, -0.2) is 10.2 Å². The van der Waals surface area contributed by atoms with Crippen LogP contribution in [0.25, 0.3) is 0 Å². The largest absolute Gasteiger partial charge is 0.461 e. The highest BCUT2D eigenvalue weighted by molar-refractivity contribution is 6.35. The third-order valence-electron chi connectivity index (χ3n) is 1.16. The number of carbonyl (C=O) groups is 2. The van der Waals surface area contributed by atoms with Crippen molar-refractivity contribution < 1.29 is 14.3 Å². The molecule has 0 spiro atoms. The van der Waals surface area contributed by atoms with Crippen LogP contribution in [0.5, 0.6) is 0 Å². The van der Waals surface area contributed by atoms with E-state index in [1.807, 2.05) is 5.43 Å². The van der Waals surface area contributed by atoms with Crippen LogP contribution in [-0.2, 0) is 14.3 Å². The highest BCUT2D eigenvalue weighted by Gasteiger charge is 2.06. The lowest BCUT2D eigenvalue weighted by atomic mass is 10.4. The molecular weight excluding hydrogens is 186 g/mol. The van der Waals surface area contributed by atoms with Crippen LogP contribution < -0.4 is 5.43 Å². The molecule has 0 atom stereocenters. The average Bonchev–Trinajstić information content (AvgIpc) is 2.15. The third kappa shape index (κ3) is 4.87. The molecule has 1 N–H and O–H groups in total. The maximum Gasteiger partial charge on any atom is 0.354 e. The summed E-state index contributed by atoms with van der Waals surface area (Å²) in [4.78, 5) is 21.7. The molecule has 76 valence electrons. The molecule has 0 unspecified atom stereocenters. The number of hydrogen-bond acceptors (Lipinski definition) is 5. The van der Waals surface area contributed by atoms with Crippen molar-refractivity contribution in [2.24, 2.45) is 5.10 Å². The monoisotopic (exact) mass is 197 g/mol. The van der Waals surface area contributed by atoms with E-state index >= 15 is 0 Å². The number of carbonyl (C=O) groups excluding carboxylic acids is 2. The van der Waals surface area contributed by atoms with Crippen LogP contribution in [0.2, 0.25) is 0 Å². The predicted molar refractivity (Wildman–Crippen MR) is 48.1 cm³/mol. The van der Waals surface area contributed by atoms with Crippen molar-refractivity contribution in [2.45, 2.75) is 20.3 Å². The first kappa shape index (κ1) is 12.1. The molecule has 6 heteroatoms. The summed E-state index contributed by atoms with van der Waals surface area (Å²) in [6.07, 6.45) is -0.292. The van der Waals surface area contributed by atoms with E-state index in [1.165, 1.54) is 6.92 Å². The topological polar surface area (TPSA) is 91.5 Å². The molecule has 0 saturated carbocycles. The Labute approximate surface area is 81.5 Å². The molecule has 0 heterocycles. The Morgan fingerprint density at radius 3 is 2.71 bits per heavy atom. The van der Waals surface area contributed by atoms with Gasteiger partial charge < -0.3 is 4.74 Å². The second-order valence-corrected chi connectivity index (χ2v) is 2.29. The summed E-state index contributed by atoms with van der Waals surface area (Å²) in [6, 6.07) is 1.65. The summed E-state index contributed by atoms with van der Waals surface area (Å²) in [5, 5.41) is 11.6. The van der Waals surface area contributed by atoms with Crippen molar-refractivity contribution in [1.82, 2.24) is 5.43 Å². The van der Waals surface area contributed by atoms with E-state index in [0.717, 1.165) is 0 Å². The number of rotatable bonds is 4. The van der Waals surface area contributed by atoms with E-state index in [2.05, 4.69) is 9.84 Å². The smallest absolute Gasteiger partial charge is 0.354 e. The summed E-state index contributed by atoms with van der Waals surface area (Å²) in [6.45, 7) is 3.32. The fourth-order valence-corrected chi connectivity index (χ4v) is 0.539. The summed E-state index contributed by atoms with van der Waals surface area (Å²) in [7, 11) is 0. The van der Waals surface area contributed by atoms with Crippen LogP contribution in [0, 0.1) is 11.3 Å². The van der Waals surface area contributed by atoms with Crippen molar-refractivity contribution in [1.29, 1.82) is 5.26 Å². The number of nitrogens with one attached hydrogen (secondary N) is 1. The number of hydrazone groups is 1. The highest BCUT2D eigenvalue weighted by atomic mass is 16.5. The Balaban J connectivity index is 4.06. The van der Waals surface area contributed by atoms with E-state index in [-0.39, 0.29) is 18.7 Å². The van der Waals surface area contributed by atoms with Gasteiger partial charge in [0.05, 0.1) is 12.7 Å². The highest BCUT2D eigenvalue weighted by Crippen LogP contribution is 1.83. The number of amides is 1. The van der Waals surface area contributed by atoms with Crippen molar-refractivity contribution in [3.63, 3.8) is 0 Å². The Morgan fingerprint density at radius 2 is 2.21 bits per heavy atom. The number of hydrogen-bond donors (Lipinski definition) is 1. The first-order valence-electron chi connectivity index (χ1n) is 3.99. The molecule has 0 aliphatic carbocycles. The molecule has 0 aromatic heterocycles. The molecule has 0 bridgehead atoms. The van der Waals surface area contributed by atoms with Crippen LogP contribution in [0.15, 0.2) is 5.10 Å². The normalized spacial score (nSPS) is 10.2. The second kappa shape index (κ2) is 6.60. The lowest BCUT2D eigenvalue weighted by molar-refractivity contribution is -0.135. The fourth-order valence-electron chi connectivity index (χ4n) is 0.539. The number of nitriles is 1. The van der Waals surface area contributed by atoms with E-state index in [1.54, 1.807) is 13.0 Å². The van der Waals surface area contributed by atoms with Gasteiger partial charge in [-0.15, -0.1) is 0 Å². The summed E-state index contributed by atoms with van der Waals surface area (Å²) in [5.41, 5.74) is 2.09. The van der Waals surface area contributed by atoms with Gasteiger partial charge in [0.2, 0.25) is 0 Å². The molecule has 0 saturated heterocycles. The fraction of sp³-hybridized carbons (Fsp3) is 0.500. The molecule has 14 heavy (non-hydrogen) atoms. The van der Waals surface area contributed by atoms with Crippen molar-refractivity contribution in [3.05, 3.63) is 0 Å². The molecule has 0 aliphatic rings. The SMILES string of the molecule is CCOC(=O)/C(C)=N\NC(=O)CC#N. The van der Waals surface area contributed by atoms with Crippen molar-refractivity contribution >= 4 is 17.6 Å². The van der Waals surface area contributed by atoms with Gasteiger partial charge >= 0.3 is 5.97 Å². The zero-order valence-corrected chi connectivity index (χ0v) is 8.03. The minimum Gasteiger partial charge on any atom is -0.461 e. The molecule has 0 rings (SSSR count). The van der Waals surface area contributed by atoms with Gasteiger partial charge in [0.25, 0.3) is 5.91 Å². The van der Waals surface area contributed by atoms with Gasteiger partial charge in [0.15, 0.2) is 0 Å². The number of nitrogens with zero attached hydrogens (tertiary/aromatic N) is 2. The zero-order valence-electron chi connectivity index (χ0n) is 8.03. The van der Waals surface area contributed by atoms with Crippen LogP contribution in [-0.4, -0.2) is 24.2 Å². The Hall–Kier alpha value is -1.90. The Bertz CT molecular complexity index is 291. The van der Waals surface area contributed by atoms with Gasteiger partial charge in [-0.3, -0.25) is 4.79 Å². The minimum absolute atomic E-state index is 0.0399.